The van der Waals surface area contributed by atoms with Crippen LogP contribution in [0.3, 0.4) is 0 Å². The van der Waals surface area contributed by atoms with Crippen molar-refractivity contribution < 1.29 is 8.78 Å². The summed E-state index contributed by atoms with van der Waals surface area (Å²) in [6.07, 6.45) is 0.956. The van der Waals surface area contributed by atoms with Crippen molar-refractivity contribution in [3.63, 3.8) is 0 Å². The number of hydrogen-bond acceptors (Lipinski definition) is 2. The fraction of sp³-hybridized carbons (Fsp3) is 0.455. The maximum absolute atomic E-state index is 12.9. The van der Waals surface area contributed by atoms with Crippen molar-refractivity contribution in [1.29, 1.82) is 0 Å². The topological polar surface area (TPSA) is 29.3 Å². The molecular formula is C11H14F2N2. The van der Waals surface area contributed by atoms with E-state index in [0.717, 1.165) is 25.6 Å². The van der Waals surface area contributed by atoms with Crippen LogP contribution in [0.5, 0.6) is 0 Å². The summed E-state index contributed by atoms with van der Waals surface area (Å²) in [4.78, 5) is 2.11. The molecule has 0 saturated carbocycles. The maximum atomic E-state index is 12.9. The fourth-order valence-corrected chi connectivity index (χ4v) is 1.97. The van der Waals surface area contributed by atoms with E-state index in [0.29, 0.717) is 12.1 Å². The molecule has 0 amide bonds. The van der Waals surface area contributed by atoms with Crippen molar-refractivity contribution >= 4 is 0 Å². The second kappa shape index (κ2) is 4.24. The zero-order valence-electron chi connectivity index (χ0n) is 8.42. The van der Waals surface area contributed by atoms with Gasteiger partial charge in [0.1, 0.15) is 11.6 Å². The van der Waals surface area contributed by atoms with E-state index in [1.54, 1.807) is 0 Å². The summed E-state index contributed by atoms with van der Waals surface area (Å²) in [7, 11) is 0. The first-order chi connectivity index (χ1) is 7.13. The van der Waals surface area contributed by atoms with E-state index in [1.807, 2.05) is 0 Å². The SMILES string of the molecule is NC1CCN(Cc2cc(F)cc(F)c2)C1. The lowest BCUT2D eigenvalue weighted by Gasteiger charge is -2.15. The Balaban J connectivity index is 2.04. The third kappa shape index (κ3) is 2.73. The van der Waals surface area contributed by atoms with E-state index in [1.165, 1.54) is 12.1 Å². The molecule has 1 aromatic rings. The van der Waals surface area contributed by atoms with Crippen LogP contribution in [-0.2, 0) is 6.54 Å². The van der Waals surface area contributed by atoms with Crippen LogP contribution in [0.4, 0.5) is 8.78 Å². The van der Waals surface area contributed by atoms with Gasteiger partial charge in [0.2, 0.25) is 0 Å². The number of halogens is 2. The van der Waals surface area contributed by atoms with Crippen LogP contribution >= 0.6 is 0 Å². The lowest BCUT2D eigenvalue weighted by Crippen LogP contribution is -2.26. The average Bonchev–Trinajstić information content (AvgIpc) is 2.49. The van der Waals surface area contributed by atoms with Gasteiger partial charge in [-0.05, 0) is 24.1 Å². The first kappa shape index (κ1) is 10.5. The van der Waals surface area contributed by atoms with Crippen LogP contribution < -0.4 is 5.73 Å². The van der Waals surface area contributed by atoms with E-state index in [-0.39, 0.29) is 6.04 Å². The molecule has 1 unspecified atom stereocenters. The molecule has 0 bridgehead atoms. The molecule has 1 heterocycles. The van der Waals surface area contributed by atoms with Crippen LogP contribution in [0.1, 0.15) is 12.0 Å². The predicted molar refractivity (Wildman–Crippen MR) is 54.2 cm³/mol. The fourth-order valence-electron chi connectivity index (χ4n) is 1.97. The summed E-state index contributed by atoms with van der Waals surface area (Å²) in [5.74, 6) is -1.04. The van der Waals surface area contributed by atoms with Crippen molar-refractivity contribution in [2.45, 2.75) is 19.0 Å². The summed E-state index contributed by atoms with van der Waals surface area (Å²) in [6.45, 7) is 2.28. The second-order valence-corrected chi connectivity index (χ2v) is 4.06. The molecule has 1 fully saturated rings. The standard InChI is InChI=1S/C11H14F2N2/c12-9-3-8(4-10(13)5-9)6-15-2-1-11(14)7-15/h3-5,11H,1-2,6-7,14H2. The Hall–Kier alpha value is -1.00. The molecular weight excluding hydrogens is 198 g/mol. The summed E-state index contributed by atoms with van der Waals surface area (Å²) >= 11 is 0. The molecule has 0 aliphatic carbocycles. The molecule has 2 rings (SSSR count). The van der Waals surface area contributed by atoms with Crippen molar-refractivity contribution in [3.8, 4) is 0 Å². The summed E-state index contributed by atoms with van der Waals surface area (Å²) in [5, 5.41) is 0. The normalized spacial score (nSPS) is 22.2. The van der Waals surface area contributed by atoms with Gasteiger partial charge in [0.15, 0.2) is 0 Å². The van der Waals surface area contributed by atoms with E-state index >= 15 is 0 Å². The molecule has 1 aliphatic rings. The van der Waals surface area contributed by atoms with Crippen molar-refractivity contribution in [2.75, 3.05) is 13.1 Å². The summed E-state index contributed by atoms with van der Waals surface area (Å²) in [6, 6.07) is 3.82. The quantitative estimate of drug-likeness (QED) is 0.805. The van der Waals surface area contributed by atoms with E-state index < -0.39 is 11.6 Å². The molecule has 1 aliphatic heterocycles. The molecule has 15 heavy (non-hydrogen) atoms. The Morgan fingerprint density at radius 2 is 1.93 bits per heavy atom. The van der Waals surface area contributed by atoms with Gasteiger partial charge >= 0.3 is 0 Å². The highest BCUT2D eigenvalue weighted by Gasteiger charge is 2.19. The van der Waals surface area contributed by atoms with Crippen LogP contribution in [0, 0.1) is 11.6 Å². The third-order valence-corrected chi connectivity index (χ3v) is 2.64. The Bertz CT molecular complexity index is 334. The Morgan fingerprint density at radius 3 is 2.47 bits per heavy atom. The summed E-state index contributed by atoms with van der Waals surface area (Å²) < 4.78 is 25.8. The van der Waals surface area contributed by atoms with Crippen LogP contribution in [0.2, 0.25) is 0 Å². The Morgan fingerprint density at radius 1 is 1.27 bits per heavy atom. The highest BCUT2D eigenvalue weighted by Crippen LogP contribution is 2.14. The zero-order chi connectivity index (χ0) is 10.8. The lowest BCUT2D eigenvalue weighted by molar-refractivity contribution is 0.325. The number of hydrogen-bond donors (Lipinski definition) is 1. The van der Waals surface area contributed by atoms with Gasteiger partial charge < -0.3 is 5.73 Å². The minimum absolute atomic E-state index is 0.198. The van der Waals surface area contributed by atoms with Gasteiger partial charge in [-0.25, -0.2) is 8.78 Å². The highest BCUT2D eigenvalue weighted by molar-refractivity contribution is 5.17. The van der Waals surface area contributed by atoms with Crippen LogP contribution in [-0.4, -0.2) is 24.0 Å². The molecule has 4 heteroatoms. The van der Waals surface area contributed by atoms with Gasteiger partial charge in [0.25, 0.3) is 0 Å². The van der Waals surface area contributed by atoms with Crippen LogP contribution in [0.15, 0.2) is 18.2 Å². The van der Waals surface area contributed by atoms with Gasteiger partial charge in [0.05, 0.1) is 0 Å². The maximum Gasteiger partial charge on any atom is 0.126 e. The Kier molecular flexibility index (Phi) is 2.98. The first-order valence-corrected chi connectivity index (χ1v) is 5.06. The average molecular weight is 212 g/mol. The molecule has 0 radical (unpaired) electrons. The number of benzene rings is 1. The monoisotopic (exact) mass is 212 g/mol. The van der Waals surface area contributed by atoms with E-state index in [4.69, 9.17) is 5.73 Å². The second-order valence-electron chi connectivity index (χ2n) is 4.06. The molecule has 1 aromatic carbocycles. The first-order valence-electron chi connectivity index (χ1n) is 5.06. The minimum atomic E-state index is -0.520. The summed E-state index contributed by atoms with van der Waals surface area (Å²) in [5.41, 5.74) is 6.42. The van der Waals surface area contributed by atoms with Crippen molar-refractivity contribution in [3.05, 3.63) is 35.4 Å². The molecule has 0 aromatic heterocycles. The zero-order valence-corrected chi connectivity index (χ0v) is 8.42. The van der Waals surface area contributed by atoms with Gasteiger partial charge in [-0.2, -0.15) is 0 Å². The molecule has 82 valence electrons. The largest absolute Gasteiger partial charge is 0.326 e. The number of rotatable bonds is 2. The lowest BCUT2D eigenvalue weighted by atomic mass is 10.2. The Labute approximate surface area is 87.7 Å². The van der Waals surface area contributed by atoms with E-state index in [2.05, 4.69) is 4.90 Å². The van der Waals surface area contributed by atoms with Crippen molar-refractivity contribution in [2.24, 2.45) is 5.73 Å². The number of nitrogens with zero attached hydrogens (tertiary/aromatic N) is 1. The molecule has 1 atom stereocenters. The van der Waals surface area contributed by atoms with Crippen LogP contribution in [0.25, 0.3) is 0 Å². The van der Waals surface area contributed by atoms with Gasteiger partial charge in [-0.3, -0.25) is 4.90 Å². The van der Waals surface area contributed by atoms with Gasteiger partial charge in [0, 0.05) is 31.7 Å². The molecule has 0 spiro atoms. The van der Waals surface area contributed by atoms with E-state index in [9.17, 15) is 8.78 Å². The van der Waals surface area contributed by atoms with Gasteiger partial charge in [-0.1, -0.05) is 0 Å². The number of nitrogens with two attached hydrogens (primary N) is 1. The molecule has 2 N–H and O–H groups in total. The smallest absolute Gasteiger partial charge is 0.126 e. The third-order valence-electron chi connectivity index (χ3n) is 2.64. The number of likely N-dealkylation sites (tertiary alicyclic amines) is 1. The predicted octanol–water partition coefficient (Wildman–Crippen LogP) is 1.50. The highest BCUT2D eigenvalue weighted by atomic mass is 19.1. The van der Waals surface area contributed by atoms with Crippen molar-refractivity contribution in [1.82, 2.24) is 4.90 Å². The minimum Gasteiger partial charge on any atom is -0.326 e. The van der Waals surface area contributed by atoms with Gasteiger partial charge in [-0.15, -0.1) is 0 Å². The molecule has 2 nitrogen and oxygen atoms in total. The molecule has 1 saturated heterocycles.